The van der Waals surface area contributed by atoms with Gasteiger partial charge in [0.25, 0.3) is 0 Å². The summed E-state index contributed by atoms with van der Waals surface area (Å²) in [4.78, 5) is 0. The number of rotatable bonds is 5. The van der Waals surface area contributed by atoms with Crippen LogP contribution < -0.4 is 15.2 Å². The lowest BCUT2D eigenvalue weighted by Gasteiger charge is -2.20. The van der Waals surface area contributed by atoms with E-state index in [9.17, 15) is 0 Å². The molecule has 16 heavy (non-hydrogen) atoms. The average molecular weight is 223 g/mol. The second kappa shape index (κ2) is 5.75. The normalized spacial score (nSPS) is 12.6. The third-order valence-electron chi connectivity index (χ3n) is 2.72. The van der Waals surface area contributed by atoms with Gasteiger partial charge in [0.05, 0.1) is 13.2 Å². The van der Waals surface area contributed by atoms with Crippen molar-refractivity contribution in [3.05, 3.63) is 23.8 Å². The summed E-state index contributed by atoms with van der Waals surface area (Å²) in [6, 6.07) is 5.79. The maximum absolute atomic E-state index is 5.86. The van der Waals surface area contributed by atoms with Gasteiger partial charge in [-0.25, -0.2) is 0 Å². The van der Waals surface area contributed by atoms with E-state index in [1.165, 1.54) is 0 Å². The first kappa shape index (κ1) is 12.8. The summed E-state index contributed by atoms with van der Waals surface area (Å²) < 4.78 is 11.1. The van der Waals surface area contributed by atoms with E-state index < -0.39 is 0 Å². The molecule has 0 aliphatic rings. The zero-order chi connectivity index (χ0) is 12.1. The van der Waals surface area contributed by atoms with Crippen LogP contribution in [0.25, 0.3) is 0 Å². The Morgan fingerprint density at radius 1 is 1.19 bits per heavy atom. The van der Waals surface area contributed by atoms with Crippen LogP contribution in [0, 0.1) is 5.92 Å². The molecule has 0 saturated carbocycles. The lowest BCUT2D eigenvalue weighted by atomic mass is 10.1. The Hall–Kier alpha value is -1.22. The Kier molecular flexibility index (Phi) is 4.62. The summed E-state index contributed by atoms with van der Waals surface area (Å²) in [5.74, 6) is 1.99. The van der Waals surface area contributed by atoms with Crippen LogP contribution in [0.15, 0.2) is 18.2 Å². The van der Waals surface area contributed by atoms with Crippen molar-refractivity contribution in [3.63, 3.8) is 0 Å². The molecular weight excluding hydrogens is 202 g/mol. The first-order valence-electron chi connectivity index (χ1n) is 5.62. The van der Waals surface area contributed by atoms with Crippen LogP contribution in [0.1, 0.15) is 26.3 Å². The summed E-state index contributed by atoms with van der Waals surface area (Å²) in [6.45, 7) is 6.82. The zero-order valence-corrected chi connectivity index (χ0v) is 10.5. The number of hydrogen-bond donors (Lipinski definition) is 1. The van der Waals surface area contributed by atoms with Gasteiger partial charge in [0.15, 0.2) is 11.5 Å². The molecule has 0 spiro atoms. The first-order chi connectivity index (χ1) is 7.58. The molecule has 0 radical (unpaired) electrons. The van der Waals surface area contributed by atoms with Crippen molar-refractivity contribution in [1.29, 1.82) is 0 Å². The van der Waals surface area contributed by atoms with Crippen LogP contribution in [0.5, 0.6) is 11.5 Å². The Morgan fingerprint density at radius 3 is 2.38 bits per heavy atom. The second-order valence-electron chi connectivity index (χ2n) is 4.26. The molecule has 0 fully saturated rings. The summed E-state index contributed by atoms with van der Waals surface area (Å²) in [7, 11) is 1.64. The fourth-order valence-corrected chi connectivity index (χ4v) is 1.28. The van der Waals surface area contributed by atoms with Crippen LogP contribution in [0.4, 0.5) is 0 Å². The number of ether oxygens (including phenoxy) is 2. The van der Waals surface area contributed by atoms with E-state index in [4.69, 9.17) is 15.2 Å². The molecule has 0 heterocycles. The first-order valence-corrected chi connectivity index (χ1v) is 5.62. The van der Waals surface area contributed by atoms with Crippen molar-refractivity contribution in [2.45, 2.75) is 33.4 Å². The highest BCUT2D eigenvalue weighted by Crippen LogP contribution is 2.29. The number of nitrogens with two attached hydrogens (primary N) is 1. The number of benzene rings is 1. The molecule has 0 bridgehead atoms. The predicted octanol–water partition coefficient (Wildman–Crippen LogP) is 2.58. The third kappa shape index (κ3) is 3.14. The Labute approximate surface area is 97.6 Å². The summed E-state index contributed by atoms with van der Waals surface area (Å²) in [5, 5.41) is 0. The summed E-state index contributed by atoms with van der Waals surface area (Å²) in [5.41, 5.74) is 6.65. The molecule has 2 N–H and O–H groups in total. The monoisotopic (exact) mass is 223 g/mol. The molecule has 3 nitrogen and oxygen atoms in total. The Bertz CT molecular complexity index is 337. The van der Waals surface area contributed by atoms with Crippen LogP contribution >= 0.6 is 0 Å². The van der Waals surface area contributed by atoms with E-state index in [1.807, 2.05) is 18.2 Å². The Morgan fingerprint density at radius 2 is 1.88 bits per heavy atom. The minimum Gasteiger partial charge on any atom is -0.493 e. The smallest absolute Gasteiger partial charge is 0.161 e. The van der Waals surface area contributed by atoms with E-state index >= 15 is 0 Å². The lowest BCUT2D eigenvalue weighted by molar-refractivity contribution is 0.164. The highest BCUT2D eigenvalue weighted by molar-refractivity contribution is 5.43. The summed E-state index contributed by atoms with van der Waals surface area (Å²) >= 11 is 0. The molecule has 0 saturated heterocycles. The minimum absolute atomic E-state index is 0.155. The molecule has 0 aliphatic heterocycles. The number of methoxy groups -OCH3 is 1. The maximum atomic E-state index is 5.86. The van der Waals surface area contributed by atoms with Crippen LogP contribution in [-0.2, 0) is 6.54 Å². The molecule has 1 rings (SSSR count). The lowest BCUT2D eigenvalue weighted by Crippen LogP contribution is -2.19. The van der Waals surface area contributed by atoms with Gasteiger partial charge < -0.3 is 15.2 Å². The van der Waals surface area contributed by atoms with Gasteiger partial charge >= 0.3 is 0 Å². The number of hydrogen-bond acceptors (Lipinski definition) is 3. The molecule has 0 amide bonds. The standard InChI is InChI=1S/C13H21NO2/c1-9(2)10(3)16-13-7-11(8-14)5-6-12(13)15-4/h5-7,9-10H,8,14H2,1-4H3. The van der Waals surface area contributed by atoms with Gasteiger partial charge in [-0.1, -0.05) is 19.9 Å². The van der Waals surface area contributed by atoms with Crippen LogP contribution in [-0.4, -0.2) is 13.2 Å². The van der Waals surface area contributed by atoms with Gasteiger partial charge in [-0.15, -0.1) is 0 Å². The van der Waals surface area contributed by atoms with Crippen molar-refractivity contribution < 1.29 is 9.47 Å². The van der Waals surface area contributed by atoms with E-state index in [-0.39, 0.29) is 6.10 Å². The second-order valence-corrected chi connectivity index (χ2v) is 4.26. The van der Waals surface area contributed by atoms with Gasteiger partial charge in [-0.2, -0.15) is 0 Å². The molecule has 1 unspecified atom stereocenters. The van der Waals surface area contributed by atoms with E-state index in [0.29, 0.717) is 12.5 Å². The maximum Gasteiger partial charge on any atom is 0.161 e. The molecule has 1 atom stereocenters. The largest absolute Gasteiger partial charge is 0.493 e. The van der Waals surface area contributed by atoms with Gasteiger partial charge in [0.2, 0.25) is 0 Å². The fourth-order valence-electron chi connectivity index (χ4n) is 1.28. The highest BCUT2D eigenvalue weighted by atomic mass is 16.5. The van der Waals surface area contributed by atoms with E-state index in [2.05, 4.69) is 20.8 Å². The van der Waals surface area contributed by atoms with Gasteiger partial charge in [0.1, 0.15) is 0 Å². The molecule has 0 aliphatic carbocycles. The molecular formula is C13H21NO2. The SMILES string of the molecule is COc1ccc(CN)cc1OC(C)C(C)C. The van der Waals surface area contributed by atoms with Crippen LogP contribution in [0.3, 0.4) is 0 Å². The van der Waals surface area contributed by atoms with Crippen molar-refractivity contribution in [1.82, 2.24) is 0 Å². The van der Waals surface area contributed by atoms with Gasteiger partial charge in [-0.05, 0) is 30.5 Å². The van der Waals surface area contributed by atoms with Crippen molar-refractivity contribution in [3.8, 4) is 11.5 Å². The topological polar surface area (TPSA) is 44.5 Å². The van der Waals surface area contributed by atoms with Crippen LogP contribution in [0.2, 0.25) is 0 Å². The van der Waals surface area contributed by atoms with Crippen molar-refractivity contribution in [2.75, 3.05) is 7.11 Å². The van der Waals surface area contributed by atoms with Crippen molar-refractivity contribution in [2.24, 2.45) is 11.7 Å². The fraction of sp³-hybridized carbons (Fsp3) is 0.538. The summed E-state index contributed by atoms with van der Waals surface area (Å²) in [6.07, 6.45) is 0.155. The molecule has 1 aromatic rings. The average Bonchev–Trinajstić information content (AvgIpc) is 2.28. The molecule has 0 aromatic heterocycles. The van der Waals surface area contributed by atoms with E-state index in [1.54, 1.807) is 7.11 Å². The van der Waals surface area contributed by atoms with Gasteiger partial charge in [-0.3, -0.25) is 0 Å². The highest BCUT2D eigenvalue weighted by Gasteiger charge is 2.12. The van der Waals surface area contributed by atoms with Crippen molar-refractivity contribution >= 4 is 0 Å². The minimum atomic E-state index is 0.155. The third-order valence-corrected chi connectivity index (χ3v) is 2.72. The molecule has 1 aromatic carbocycles. The van der Waals surface area contributed by atoms with Gasteiger partial charge in [0, 0.05) is 6.54 Å². The molecule has 3 heteroatoms. The predicted molar refractivity (Wildman–Crippen MR) is 65.8 cm³/mol. The van der Waals surface area contributed by atoms with E-state index in [0.717, 1.165) is 17.1 Å². The Balaban J connectivity index is 2.91. The quantitative estimate of drug-likeness (QED) is 0.834. The molecule has 90 valence electrons. The zero-order valence-electron chi connectivity index (χ0n) is 10.5.